The molecule has 0 fully saturated rings. The standard InChI is InChI=1S/C16H23N3O/c1-3-17-12-15-7-4-6-14(2)16(15)20-11-5-9-19-10-8-18-13-19/h4,6-8,10,13,17H,3,5,9,11-12H2,1-2H3. The molecule has 1 heterocycles. The third-order valence-electron chi connectivity index (χ3n) is 3.23. The Hall–Kier alpha value is -1.81. The average Bonchev–Trinajstić information content (AvgIpc) is 2.96. The summed E-state index contributed by atoms with van der Waals surface area (Å²) in [6.45, 7) is 7.70. The highest BCUT2D eigenvalue weighted by Gasteiger charge is 2.06. The van der Waals surface area contributed by atoms with E-state index in [1.807, 2.05) is 12.5 Å². The van der Waals surface area contributed by atoms with Gasteiger partial charge in [-0.05, 0) is 25.5 Å². The molecule has 0 saturated heterocycles. The van der Waals surface area contributed by atoms with E-state index in [2.05, 4.69) is 46.9 Å². The van der Waals surface area contributed by atoms with Crippen molar-refractivity contribution in [3.05, 3.63) is 48.0 Å². The second-order valence-corrected chi connectivity index (χ2v) is 4.85. The Morgan fingerprint density at radius 1 is 1.35 bits per heavy atom. The number of nitrogens with zero attached hydrogens (tertiary/aromatic N) is 2. The van der Waals surface area contributed by atoms with Crippen molar-refractivity contribution in [2.45, 2.75) is 33.4 Å². The first-order valence-corrected chi connectivity index (χ1v) is 7.19. The van der Waals surface area contributed by atoms with Crippen molar-refractivity contribution in [1.82, 2.24) is 14.9 Å². The van der Waals surface area contributed by atoms with Crippen LogP contribution in [-0.2, 0) is 13.1 Å². The lowest BCUT2D eigenvalue weighted by Gasteiger charge is -2.14. The minimum absolute atomic E-state index is 0.724. The summed E-state index contributed by atoms with van der Waals surface area (Å²) in [6.07, 6.45) is 6.59. The Balaban J connectivity index is 1.87. The van der Waals surface area contributed by atoms with Gasteiger partial charge in [0.15, 0.2) is 0 Å². The molecule has 20 heavy (non-hydrogen) atoms. The minimum atomic E-state index is 0.724. The van der Waals surface area contributed by atoms with Gasteiger partial charge in [0.1, 0.15) is 5.75 Å². The molecular weight excluding hydrogens is 250 g/mol. The number of nitrogens with one attached hydrogen (secondary N) is 1. The van der Waals surface area contributed by atoms with Crippen LogP contribution in [0.4, 0.5) is 0 Å². The fraction of sp³-hybridized carbons (Fsp3) is 0.438. The molecule has 1 aromatic carbocycles. The zero-order valence-electron chi connectivity index (χ0n) is 12.3. The van der Waals surface area contributed by atoms with Gasteiger partial charge in [-0.3, -0.25) is 0 Å². The third kappa shape index (κ3) is 4.10. The average molecular weight is 273 g/mol. The summed E-state index contributed by atoms with van der Waals surface area (Å²) in [5.41, 5.74) is 2.43. The van der Waals surface area contributed by atoms with Crippen molar-refractivity contribution in [2.75, 3.05) is 13.2 Å². The van der Waals surface area contributed by atoms with E-state index in [9.17, 15) is 0 Å². The first kappa shape index (κ1) is 14.6. The molecule has 108 valence electrons. The molecule has 0 aliphatic rings. The third-order valence-corrected chi connectivity index (χ3v) is 3.23. The van der Waals surface area contributed by atoms with Gasteiger partial charge in [0.25, 0.3) is 0 Å². The Kier molecular flexibility index (Phi) is 5.62. The maximum absolute atomic E-state index is 5.99. The summed E-state index contributed by atoms with van der Waals surface area (Å²) >= 11 is 0. The summed E-state index contributed by atoms with van der Waals surface area (Å²) < 4.78 is 8.06. The van der Waals surface area contributed by atoms with Crippen molar-refractivity contribution in [3.63, 3.8) is 0 Å². The molecule has 0 unspecified atom stereocenters. The Morgan fingerprint density at radius 3 is 3.00 bits per heavy atom. The second-order valence-electron chi connectivity index (χ2n) is 4.85. The maximum Gasteiger partial charge on any atom is 0.126 e. The van der Waals surface area contributed by atoms with Crippen LogP contribution >= 0.6 is 0 Å². The van der Waals surface area contributed by atoms with Crippen LogP contribution in [0, 0.1) is 6.92 Å². The van der Waals surface area contributed by atoms with E-state index in [1.165, 1.54) is 11.1 Å². The van der Waals surface area contributed by atoms with Crippen molar-refractivity contribution in [3.8, 4) is 5.75 Å². The molecule has 1 N–H and O–H groups in total. The van der Waals surface area contributed by atoms with E-state index in [0.717, 1.165) is 38.4 Å². The first-order chi connectivity index (χ1) is 9.81. The molecule has 0 aliphatic heterocycles. The normalized spacial score (nSPS) is 10.7. The maximum atomic E-state index is 5.99. The van der Waals surface area contributed by atoms with Gasteiger partial charge in [-0.15, -0.1) is 0 Å². The van der Waals surface area contributed by atoms with E-state index in [0.29, 0.717) is 0 Å². The molecular formula is C16H23N3O. The molecule has 0 radical (unpaired) electrons. The van der Waals surface area contributed by atoms with Crippen molar-refractivity contribution in [2.24, 2.45) is 0 Å². The quantitative estimate of drug-likeness (QED) is 0.752. The number of para-hydroxylation sites is 1. The van der Waals surface area contributed by atoms with Crippen LogP contribution in [-0.4, -0.2) is 22.7 Å². The number of hydrogen-bond acceptors (Lipinski definition) is 3. The Labute approximate surface area is 120 Å². The summed E-state index contributed by atoms with van der Waals surface area (Å²) in [5.74, 6) is 1.03. The van der Waals surface area contributed by atoms with E-state index in [4.69, 9.17) is 4.74 Å². The lowest BCUT2D eigenvalue weighted by molar-refractivity contribution is 0.296. The topological polar surface area (TPSA) is 39.1 Å². The zero-order valence-corrected chi connectivity index (χ0v) is 12.3. The van der Waals surface area contributed by atoms with Crippen LogP contribution in [0.15, 0.2) is 36.9 Å². The molecule has 4 nitrogen and oxygen atoms in total. The van der Waals surface area contributed by atoms with Gasteiger partial charge in [0.2, 0.25) is 0 Å². The molecule has 0 bridgehead atoms. The number of imidazole rings is 1. The van der Waals surface area contributed by atoms with Gasteiger partial charge >= 0.3 is 0 Å². The summed E-state index contributed by atoms with van der Waals surface area (Å²) in [6, 6.07) is 6.31. The number of hydrogen-bond donors (Lipinski definition) is 1. The van der Waals surface area contributed by atoms with E-state index in [1.54, 1.807) is 6.20 Å². The highest BCUT2D eigenvalue weighted by molar-refractivity contribution is 5.40. The van der Waals surface area contributed by atoms with Crippen LogP contribution in [0.25, 0.3) is 0 Å². The highest BCUT2D eigenvalue weighted by atomic mass is 16.5. The molecule has 0 atom stereocenters. The number of aromatic nitrogens is 2. The van der Waals surface area contributed by atoms with Crippen molar-refractivity contribution in [1.29, 1.82) is 0 Å². The smallest absolute Gasteiger partial charge is 0.126 e. The van der Waals surface area contributed by atoms with Gasteiger partial charge < -0.3 is 14.6 Å². The van der Waals surface area contributed by atoms with Crippen LogP contribution in [0.1, 0.15) is 24.5 Å². The summed E-state index contributed by atoms with van der Waals surface area (Å²) in [5, 5.41) is 3.35. The molecule has 0 amide bonds. The van der Waals surface area contributed by atoms with Crippen LogP contribution in [0.3, 0.4) is 0 Å². The second kappa shape index (κ2) is 7.70. The van der Waals surface area contributed by atoms with Crippen LogP contribution in [0.2, 0.25) is 0 Å². The zero-order chi connectivity index (χ0) is 14.2. The number of rotatable bonds is 8. The predicted molar refractivity (Wildman–Crippen MR) is 80.9 cm³/mol. The lowest BCUT2D eigenvalue weighted by Crippen LogP contribution is -2.14. The fourth-order valence-corrected chi connectivity index (χ4v) is 2.16. The van der Waals surface area contributed by atoms with Gasteiger partial charge in [0, 0.05) is 31.0 Å². The highest BCUT2D eigenvalue weighted by Crippen LogP contribution is 2.23. The van der Waals surface area contributed by atoms with Gasteiger partial charge in [-0.25, -0.2) is 4.98 Å². The monoisotopic (exact) mass is 273 g/mol. The van der Waals surface area contributed by atoms with Gasteiger partial charge in [-0.2, -0.15) is 0 Å². The summed E-state index contributed by atoms with van der Waals surface area (Å²) in [7, 11) is 0. The van der Waals surface area contributed by atoms with Crippen molar-refractivity contribution >= 4 is 0 Å². The number of aryl methyl sites for hydroxylation is 2. The Bertz CT molecular complexity index is 508. The number of ether oxygens (including phenoxy) is 1. The number of benzene rings is 1. The molecule has 1 aromatic heterocycles. The largest absolute Gasteiger partial charge is 0.493 e. The fourth-order valence-electron chi connectivity index (χ4n) is 2.16. The molecule has 4 heteroatoms. The Morgan fingerprint density at radius 2 is 2.25 bits per heavy atom. The molecule has 2 aromatic rings. The predicted octanol–water partition coefficient (Wildman–Crippen LogP) is 2.77. The molecule has 0 spiro atoms. The van der Waals surface area contributed by atoms with E-state index < -0.39 is 0 Å². The van der Waals surface area contributed by atoms with E-state index in [-0.39, 0.29) is 0 Å². The SMILES string of the molecule is CCNCc1cccc(C)c1OCCCn1ccnc1. The first-order valence-electron chi connectivity index (χ1n) is 7.19. The molecule has 0 aliphatic carbocycles. The minimum Gasteiger partial charge on any atom is -0.493 e. The molecule has 0 saturated carbocycles. The lowest BCUT2D eigenvalue weighted by atomic mass is 10.1. The summed E-state index contributed by atoms with van der Waals surface area (Å²) in [4.78, 5) is 4.03. The van der Waals surface area contributed by atoms with Gasteiger partial charge in [0.05, 0.1) is 12.9 Å². The van der Waals surface area contributed by atoms with Crippen molar-refractivity contribution < 1.29 is 4.74 Å². The van der Waals surface area contributed by atoms with Gasteiger partial charge in [-0.1, -0.05) is 25.1 Å². The van der Waals surface area contributed by atoms with E-state index >= 15 is 0 Å². The van der Waals surface area contributed by atoms with Crippen LogP contribution in [0.5, 0.6) is 5.75 Å². The molecule has 2 rings (SSSR count). The van der Waals surface area contributed by atoms with Crippen LogP contribution < -0.4 is 10.1 Å².